The fourth-order valence-corrected chi connectivity index (χ4v) is 2.00. The number of aliphatic carboxylic acids is 1. The maximum absolute atomic E-state index is 11.3. The summed E-state index contributed by atoms with van der Waals surface area (Å²) in [7, 11) is 0. The summed E-state index contributed by atoms with van der Waals surface area (Å²) >= 11 is 0. The number of nitrogens with one attached hydrogen (secondary N) is 1. The van der Waals surface area contributed by atoms with Gasteiger partial charge in [-0.2, -0.15) is 5.26 Å². The van der Waals surface area contributed by atoms with Crippen molar-refractivity contribution in [3.8, 4) is 6.07 Å². The van der Waals surface area contributed by atoms with Crippen LogP contribution in [0, 0.1) is 11.3 Å². The third-order valence-corrected chi connectivity index (χ3v) is 3.10. The van der Waals surface area contributed by atoms with Crippen molar-refractivity contribution in [3.63, 3.8) is 0 Å². The van der Waals surface area contributed by atoms with Gasteiger partial charge in [0.2, 0.25) is 0 Å². The van der Waals surface area contributed by atoms with E-state index in [1.54, 1.807) is 12.1 Å². The molecule has 0 aliphatic rings. The number of carboxylic acid groups (broad SMARTS) is 1. The maximum atomic E-state index is 11.3. The van der Waals surface area contributed by atoms with Crippen LogP contribution in [0.5, 0.6) is 0 Å². The summed E-state index contributed by atoms with van der Waals surface area (Å²) in [6.45, 7) is 5.60. The molecule has 0 saturated heterocycles. The predicted molar refractivity (Wildman–Crippen MR) is 80.2 cm³/mol. The van der Waals surface area contributed by atoms with Gasteiger partial charge in [0.15, 0.2) is 0 Å². The lowest BCUT2D eigenvalue weighted by Gasteiger charge is -2.24. The average molecular weight is 289 g/mol. The minimum absolute atomic E-state index is 0.220. The van der Waals surface area contributed by atoms with Crippen molar-refractivity contribution in [2.24, 2.45) is 0 Å². The van der Waals surface area contributed by atoms with Gasteiger partial charge in [-0.05, 0) is 25.5 Å². The zero-order valence-corrected chi connectivity index (χ0v) is 12.2. The number of carbonyl (C=O) groups is 2. The molecule has 6 heteroatoms. The van der Waals surface area contributed by atoms with E-state index in [-0.39, 0.29) is 11.3 Å². The Morgan fingerprint density at radius 3 is 2.62 bits per heavy atom. The molecule has 1 aromatic rings. The first-order chi connectivity index (χ1) is 10.0. The van der Waals surface area contributed by atoms with Gasteiger partial charge >= 0.3 is 11.9 Å². The Morgan fingerprint density at radius 1 is 1.38 bits per heavy atom. The number of benzene rings is 1. The molecule has 1 amide bonds. The fourth-order valence-electron chi connectivity index (χ4n) is 2.00. The van der Waals surface area contributed by atoms with Crippen molar-refractivity contribution in [1.29, 1.82) is 5.26 Å². The quantitative estimate of drug-likeness (QED) is 0.783. The lowest BCUT2D eigenvalue weighted by Crippen LogP contribution is -2.26. The molecule has 1 aromatic carbocycles. The van der Waals surface area contributed by atoms with Gasteiger partial charge in [-0.15, -0.1) is 0 Å². The van der Waals surface area contributed by atoms with Crippen LogP contribution in [0.25, 0.3) is 0 Å². The Labute approximate surface area is 124 Å². The van der Waals surface area contributed by atoms with Crippen molar-refractivity contribution in [1.82, 2.24) is 0 Å². The molecule has 6 nitrogen and oxygen atoms in total. The first-order valence-electron chi connectivity index (χ1n) is 6.87. The number of carbonyl (C=O) groups excluding carboxylic acids is 1. The molecule has 0 saturated carbocycles. The van der Waals surface area contributed by atoms with Crippen LogP contribution in [0.2, 0.25) is 0 Å². The van der Waals surface area contributed by atoms with Gasteiger partial charge in [0, 0.05) is 13.1 Å². The Morgan fingerprint density at radius 2 is 2.10 bits per heavy atom. The predicted octanol–water partition coefficient (Wildman–Crippen LogP) is 2.21. The standard InChI is InChI=1S/C15H19N3O3/c1-3-5-9-18(4-2)13-8-6-7-12(11(13)10-16)17-14(19)15(20)21/h6-8H,3-5,9H2,1-2H3,(H,17,19)(H,20,21). The highest BCUT2D eigenvalue weighted by atomic mass is 16.4. The number of nitriles is 1. The van der Waals surface area contributed by atoms with Crippen molar-refractivity contribution >= 4 is 23.3 Å². The van der Waals surface area contributed by atoms with Gasteiger partial charge in [-0.1, -0.05) is 19.4 Å². The smallest absolute Gasteiger partial charge is 0.394 e. The Balaban J connectivity index is 3.14. The fraction of sp³-hybridized carbons (Fsp3) is 0.400. The molecule has 0 radical (unpaired) electrons. The highest BCUT2D eigenvalue weighted by Crippen LogP contribution is 2.27. The summed E-state index contributed by atoms with van der Waals surface area (Å²) in [5, 5.41) is 20.2. The molecule has 1 rings (SSSR count). The van der Waals surface area contributed by atoms with E-state index in [2.05, 4.69) is 18.3 Å². The summed E-state index contributed by atoms with van der Waals surface area (Å²) in [6, 6.07) is 7.07. The topological polar surface area (TPSA) is 93.4 Å². The minimum atomic E-state index is -1.58. The Hall–Kier alpha value is -2.55. The summed E-state index contributed by atoms with van der Waals surface area (Å²) in [5.74, 6) is -2.73. The van der Waals surface area contributed by atoms with Crippen molar-refractivity contribution in [2.75, 3.05) is 23.3 Å². The van der Waals surface area contributed by atoms with Crippen LogP contribution in [0.1, 0.15) is 32.3 Å². The van der Waals surface area contributed by atoms with Gasteiger partial charge < -0.3 is 15.3 Å². The van der Waals surface area contributed by atoms with Gasteiger partial charge in [0.05, 0.1) is 16.9 Å². The lowest BCUT2D eigenvalue weighted by atomic mass is 10.1. The summed E-state index contributed by atoms with van der Waals surface area (Å²) in [6.07, 6.45) is 2.03. The SMILES string of the molecule is CCCCN(CC)c1cccc(NC(=O)C(=O)O)c1C#N. The molecule has 0 spiro atoms. The van der Waals surface area contributed by atoms with Crippen LogP contribution in [-0.2, 0) is 9.59 Å². The molecular formula is C15H19N3O3. The summed E-state index contributed by atoms with van der Waals surface area (Å²) in [5.41, 5.74) is 1.21. The van der Waals surface area contributed by atoms with E-state index in [9.17, 15) is 14.9 Å². The first kappa shape index (κ1) is 16.5. The van der Waals surface area contributed by atoms with E-state index >= 15 is 0 Å². The molecule has 0 aliphatic heterocycles. The third-order valence-electron chi connectivity index (χ3n) is 3.10. The van der Waals surface area contributed by atoms with Crippen molar-refractivity contribution in [3.05, 3.63) is 23.8 Å². The number of nitrogens with zero attached hydrogens (tertiary/aromatic N) is 2. The van der Waals surface area contributed by atoms with Crippen molar-refractivity contribution < 1.29 is 14.7 Å². The van der Waals surface area contributed by atoms with E-state index in [0.29, 0.717) is 5.69 Å². The highest BCUT2D eigenvalue weighted by molar-refractivity contribution is 6.36. The van der Waals surface area contributed by atoms with Gasteiger partial charge in [0.25, 0.3) is 0 Å². The van der Waals surface area contributed by atoms with E-state index in [1.165, 1.54) is 6.07 Å². The molecule has 0 aromatic heterocycles. The molecular weight excluding hydrogens is 270 g/mol. The zero-order chi connectivity index (χ0) is 15.8. The van der Waals surface area contributed by atoms with Crippen molar-refractivity contribution in [2.45, 2.75) is 26.7 Å². The number of amides is 1. The van der Waals surface area contributed by atoms with Crippen LogP contribution in [-0.4, -0.2) is 30.1 Å². The number of rotatable bonds is 6. The third kappa shape index (κ3) is 4.21. The highest BCUT2D eigenvalue weighted by Gasteiger charge is 2.17. The second-order valence-electron chi connectivity index (χ2n) is 4.50. The normalized spacial score (nSPS) is 9.76. The second kappa shape index (κ2) is 7.90. The van der Waals surface area contributed by atoms with E-state index < -0.39 is 11.9 Å². The number of hydrogen-bond acceptors (Lipinski definition) is 4. The lowest BCUT2D eigenvalue weighted by molar-refractivity contribution is -0.147. The minimum Gasteiger partial charge on any atom is -0.474 e. The largest absolute Gasteiger partial charge is 0.474 e. The Bertz CT molecular complexity index is 564. The summed E-state index contributed by atoms with van der Waals surface area (Å²) < 4.78 is 0. The molecule has 0 aliphatic carbocycles. The number of hydrogen-bond donors (Lipinski definition) is 2. The molecule has 0 unspecified atom stereocenters. The number of carboxylic acids is 1. The monoisotopic (exact) mass is 289 g/mol. The molecule has 0 heterocycles. The molecule has 0 atom stereocenters. The zero-order valence-electron chi connectivity index (χ0n) is 12.2. The first-order valence-corrected chi connectivity index (χ1v) is 6.87. The van der Waals surface area contributed by atoms with E-state index in [4.69, 9.17) is 5.11 Å². The van der Waals surface area contributed by atoms with E-state index in [0.717, 1.165) is 25.9 Å². The van der Waals surface area contributed by atoms with Crippen LogP contribution < -0.4 is 10.2 Å². The van der Waals surface area contributed by atoms with Gasteiger partial charge in [-0.25, -0.2) is 4.79 Å². The Kier molecular flexibility index (Phi) is 6.21. The molecule has 0 fully saturated rings. The van der Waals surface area contributed by atoms with Crippen LogP contribution in [0.15, 0.2) is 18.2 Å². The molecule has 21 heavy (non-hydrogen) atoms. The number of anilines is 2. The maximum Gasteiger partial charge on any atom is 0.394 e. The van der Waals surface area contributed by atoms with Crippen LogP contribution in [0.3, 0.4) is 0 Å². The van der Waals surface area contributed by atoms with E-state index in [1.807, 2.05) is 11.8 Å². The average Bonchev–Trinajstić information content (AvgIpc) is 2.48. The molecule has 112 valence electrons. The molecule has 0 bridgehead atoms. The van der Waals surface area contributed by atoms with Gasteiger partial charge in [-0.3, -0.25) is 4.79 Å². The van der Waals surface area contributed by atoms with Crippen LogP contribution in [0.4, 0.5) is 11.4 Å². The molecule has 2 N–H and O–H groups in total. The number of unbranched alkanes of at least 4 members (excludes halogenated alkanes) is 1. The summed E-state index contributed by atoms with van der Waals surface area (Å²) in [4.78, 5) is 23.9. The van der Waals surface area contributed by atoms with Gasteiger partial charge in [0.1, 0.15) is 6.07 Å². The second-order valence-corrected chi connectivity index (χ2v) is 4.50. The van der Waals surface area contributed by atoms with Crippen LogP contribution >= 0.6 is 0 Å².